The summed E-state index contributed by atoms with van der Waals surface area (Å²) in [5, 5.41) is 9.05. The van der Waals surface area contributed by atoms with Gasteiger partial charge >= 0.3 is 0 Å². The zero-order valence-electron chi connectivity index (χ0n) is 10.7. The smallest absolute Gasteiger partial charge is 0.0608 e. The van der Waals surface area contributed by atoms with E-state index in [-0.39, 0.29) is 0 Å². The summed E-state index contributed by atoms with van der Waals surface area (Å²) in [6.07, 6.45) is 1.76. The van der Waals surface area contributed by atoms with Crippen LogP contribution in [0.5, 0.6) is 0 Å². The minimum Gasteiger partial charge on any atom is -0.159 e. The largest absolute Gasteiger partial charge is 0.159 e. The predicted octanol–water partition coefficient (Wildman–Crippen LogP) is 3.32. The van der Waals surface area contributed by atoms with Gasteiger partial charge in [0, 0.05) is 6.20 Å². The fourth-order valence-electron chi connectivity index (χ4n) is 2.65. The van der Waals surface area contributed by atoms with Crippen LogP contribution < -0.4 is 0 Å². The molecule has 4 heteroatoms. The number of hydrogen-bond acceptors (Lipinski definition) is 2. The van der Waals surface area contributed by atoms with E-state index in [4.69, 9.17) is 0 Å². The number of nitrogens with zero attached hydrogens (tertiary/aromatic N) is 2. The second-order valence-electron chi connectivity index (χ2n) is 6.31. The van der Waals surface area contributed by atoms with Crippen LogP contribution in [0.2, 0.25) is 39.3 Å². The van der Waals surface area contributed by atoms with Crippen molar-refractivity contribution in [1.82, 2.24) is 10.2 Å². The van der Waals surface area contributed by atoms with E-state index in [1.807, 2.05) is 6.07 Å². The summed E-state index contributed by atoms with van der Waals surface area (Å²) in [6.45, 7) is 14.6. The monoisotopic (exact) mass is 238 g/mol. The van der Waals surface area contributed by atoms with Crippen molar-refractivity contribution >= 4 is 16.1 Å². The molecule has 0 fully saturated rings. The normalized spacial score (nSPS) is 13.3. The van der Waals surface area contributed by atoms with Crippen LogP contribution in [0.4, 0.5) is 0 Å². The first-order chi connectivity index (χ1) is 6.73. The molecule has 0 saturated heterocycles. The van der Waals surface area contributed by atoms with Crippen LogP contribution >= 0.6 is 0 Å². The summed E-state index contributed by atoms with van der Waals surface area (Å²) in [7, 11) is -2.41. The molecule has 0 atom stereocenters. The van der Waals surface area contributed by atoms with Gasteiger partial charge in [-0.2, -0.15) is 10.2 Å². The lowest BCUT2D eigenvalue weighted by Gasteiger charge is -2.37. The minimum atomic E-state index is -1.20. The summed E-state index contributed by atoms with van der Waals surface area (Å²) < 4.78 is 0. The van der Waals surface area contributed by atoms with Gasteiger partial charge in [-0.1, -0.05) is 39.3 Å². The molecule has 0 unspecified atom stereocenters. The number of rotatable bonds is 3. The van der Waals surface area contributed by atoms with Crippen LogP contribution in [-0.2, 0) is 0 Å². The molecule has 15 heavy (non-hydrogen) atoms. The van der Waals surface area contributed by atoms with Crippen molar-refractivity contribution in [2.75, 3.05) is 0 Å². The van der Waals surface area contributed by atoms with Gasteiger partial charge in [-0.05, 0) is 17.3 Å². The SMILES string of the molecule is C[Si](C)(C)C(c1cccnn1)[Si](C)(C)C. The molecule has 0 radical (unpaired) electrons. The highest BCUT2D eigenvalue weighted by atomic mass is 28.4. The Bertz CT molecular complexity index is 298. The highest BCUT2D eigenvalue weighted by molar-refractivity contribution is 6.96. The molecule has 0 aliphatic carbocycles. The van der Waals surface area contributed by atoms with Crippen molar-refractivity contribution in [3.8, 4) is 0 Å². The number of aromatic nitrogens is 2. The third-order valence-corrected chi connectivity index (χ3v) is 11.9. The molecule has 0 N–H and O–H groups in total. The second kappa shape index (κ2) is 4.17. The van der Waals surface area contributed by atoms with Gasteiger partial charge in [0.05, 0.1) is 21.8 Å². The van der Waals surface area contributed by atoms with Gasteiger partial charge in [0.25, 0.3) is 0 Å². The van der Waals surface area contributed by atoms with Crippen LogP contribution in [0.15, 0.2) is 18.3 Å². The molecule has 0 aliphatic heterocycles. The Morgan fingerprint density at radius 1 is 1.00 bits per heavy atom. The molecule has 0 aliphatic rings. The lowest BCUT2D eigenvalue weighted by Crippen LogP contribution is -2.47. The van der Waals surface area contributed by atoms with Crippen molar-refractivity contribution < 1.29 is 0 Å². The van der Waals surface area contributed by atoms with E-state index in [1.165, 1.54) is 5.69 Å². The standard InChI is InChI=1S/C11H22N2Si2/c1-14(2,3)11(15(4,5)6)10-8-7-9-12-13-10/h7-9,11H,1-6H3. The van der Waals surface area contributed by atoms with Crippen LogP contribution in [0.1, 0.15) is 10.9 Å². The molecule has 84 valence electrons. The Morgan fingerprint density at radius 3 is 1.87 bits per heavy atom. The third-order valence-electron chi connectivity index (χ3n) is 2.62. The molecule has 0 amide bonds. The van der Waals surface area contributed by atoms with Gasteiger partial charge in [0.1, 0.15) is 0 Å². The van der Waals surface area contributed by atoms with Gasteiger partial charge in [-0.3, -0.25) is 0 Å². The molecule has 0 spiro atoms. The van der Waals surface area contributed by atoms with E-state index in [9.17, 15) is 0 Å². The van der Waals surface area contributed by atoms with Gasteiger partial charge in [0.15, 0.2) is 0 Å². The van der Waals surface area contributed by atoms with Crippen molar-refractivity contribution in [2.45, 2.75) is 44.4 Å². The quantitative estimate of drug-likeness (QED) is 0.755. The van der Waals surface area contributed by atoms with Gasteiger partial charge in [-0.15, -0.1) is 0 Å². The molecule has 1 aromatic heterocycles. The molecule has 1 rings (SSSR count). The average molecular weight is 238 g/mol. The molecule has 2 nitrogen and oxygen atoms in total. The highest BCUT2D eigenvalue weighted by Gasteiger charge is 2.39. The third kappa shape index (κ3) is 3.24. The van der Waals surface area contributed by atoms with Gasteiger partial charge < -0.3 is 0 Å². The first kappa shape index (κ1) is 12.6. The average Bonchev–Trinajstić information content (AvgIpc) is 2.00. The topological polar surface area (TPSA) is 25.8 Å². The van der Waals surface area contributed by atoms with E-state index in [0.717, 1.165) is 0 Å². The highest BCUT2D eigenvalue weighted by Crippen LogP contribution is 2.34. The first-order valence-corrected chi connectivity index (χ1v) is 12.7. The van der Waals surface area contributed by atoms with Crippen LogP contribution in [0, 0.1) is 0 Å². The summed E-state index contributed by atoms with van der Waals surface area (Å²) in [5.74, 6) is 0. The Kier molecular flexibility index (Phi) is 3.50. The van der Waals surface area contributed by atoms with Gasteiger partial charge in [0.2, 0.25) is 0 Å². The van der Waals surface area contributed by atoms with E-state index < -0.39 is 16.1 Å². The van der Waals surface area contributed by atoms with Crippen LogP contribution in [0.3, 0.4) is 0 Å². The van der Waals surface area contributed by atoms with E-state index in [2.05, 4.69) is 55.5 Å². The minimum absolute atomic E-state index is 0.693. The first-order valence-electron chi connectivity index (χ1n) is 5.50. The van der Waals surface area contributed by atoms with Crippen molar-refractivity contribution in [3.63, 3.8) is 0 Å². The molecule has 0 aromatic carbocycles. The summed E-state index contributed by atoms with van der Waals surface area (Å²) in [6, 6.07) is 4.16. The lowest BCUT2D eigenvalue weighted by atomic mass is 10.4. The van der Waals surface area contributed by atoms with Crippen molar-refractivity contribution in [2.24, 2.45) is 0 Å². The Labute approximate surface area is 95.2 Å². The maximum Gasteiger partial charge on any atom is 0.0608 e. The Balaban J connectivity index is 3.15. The second-order valence-corrected chi connectivity index (χ2v) is 17.5. The fourth-order valence-corrected chi connectivity index (χ4v) is 15.1. The van der Waals surface area contributed by atoms with E-state index >= 15 is 0 Å². The maximum atomic E-state index is 4.33. The summed E-state index contributed by atoms with van der Waals surface area (Å²) in [5.41, 5.74) is 1.22. The maximum absolute atomic E-state index is 4.33. The fraction of sp³-hybridized carbons (Fsp3) is 0.636. The van der Waals surface area contributed by atoms with Crippen molar-refractivity contribution in [1.29, 1.82) is 0 Å². The van der Waals surface area contributed by atoms with Gasteiger partial charge in [-0.25, -0.2) is 0 Å². The zero-order valence-corrected chi connectivity index (χ0v) is 12.7. The predicted molar refractivity (Wildman–Crippen MR) is 71.5 cm³/mol. The van der Waals surface area contributed by atoms with Crippen LogP contribution in [0.25, 0.3) is 0 Å². The lowest BCUT2D eigenvalue weighted by molar-refractivity contribution is 0.933. The Hall–Kier alpha value is -0.486. The van der Waals surface area contributed by atoms with Crippen LogP contribution in [-0.4, -0.2) is 26.3 Å². The number of hydrogen-bond donors (Lipinski definition) is 0. The molecule has 0 saturated carbocycles. The molecular weight excluding hydrogens is 216 g/mol. The molecule has 0 bridgehead atoms. The molecule has 1 heterocycles. The van der Waals surface area contributed by atoms with E-state index in [0.29, 0.717) is 5.16 Å². The van der Waals surface area contributed by atoms with Crippen molar-refractivity contribution in [3.05, 3.63) is 24.0 Å². The summed E-state index contributed by atoms with van der Waals surface area (Å²) in [4.78, 5) is 0. The van der Waals surface area contributed by atoms with E-state index in [1.54, 1.807) is 6.20 Å². The zero-order chi connectivity index (χ0) is 11.7. The molecule has 1 aromatic rings. The summed E-state index contributed by atoms with van der Waals surface area (Å²) >= 11 is 0. The molecular formula is C11H22N2Si2. The Morgan fingerprint density at radius 2 is 1.53 bits per heavy atom.